The summed E-state index contributed by atoms with van der Waals surface area (Å²) in [7, 11) is 0. The molecule has 0 aliphatic heterocycles. The Morgan fingerprint density at radius 1 is 1.29 bits per heavy atom. The van der Waals surface area contributed by atoms with Gasteiger partial charge >= 0.3 is 5.97 Å². The topological polar surface area (TPSA) is 63.3 Å². The van der Waals surface area contributed by atoms with Crippen LogP contribution in [0.2, 0.25) is 0 Å². The highest BCUT2D eigenvalue weighted by Gasteiger charge is 2.51. The second-order valence-electron chi connectivity index (χ2n) is 4.30. The minimum Gasteiger partial charge on any atom is -0.481 e. The minimum absolute atomic E-state index is 0.553. The van der Waals surface area contributed by atoms with E-state index in [1.807, 2.05) is 24.3 Å². The Morgan fingerprint density at radius 3 is 2.47 bits per heavy atom. The van der Waals surface area contributed by atoms with Gasteiger partial charge < -0.3 is 9.52 Å². The second-order valence-corrected chi connectivity index (χ2v) is 4.30. The number of aliphatic carboxylic acids is 1. The molecule has 1 heterocycles. The summed E-state index contributed by atoms with van der Waals surface area (Å²) in [6.07, 6.45) is 4.55. The van der Waals surface area contributed by atoms with E-state index in [1.54, 1.807) is 6.20 Å². The molecule has 1 aromatic carbocycles. The van der Waals surface area contributed by atoms with Crippen LogP contribution in [0.25, 0.3) is 11.5 Å². The van der Waals surface area contributed by atoms with E-state index in [1.165, 1.54) is 6.26 Å². The Bertz CT molecular complexity index is 539. The lowest BCUT2D eigenvalue weighted by atomic mass is 9.95. The lowest BCUT2D eigenvalue weighted by Gasteiger charge is -2.09. The number of rotatable bonds is 3. The van der Waals surface area contributed by atoms with Crippen LogP contribution >= 0.6 is 0 Å². The molecule has 0 bridgehead atoms. The zero-order chi connectivity index (χ0) is 11.9. The summed E-state index contributed by atoms with van der Waals surface area (Å²) in [5.41, 5.74) is 1.08. The number of carboxylic acids is 1. The van der Waals surface area contributed by atoms with Gasteiger partial charge in [0.2, 0.25) is 5.89 Å². The minimum atomic E-state index is -0.735. The molecule has 1 aliphatic carbocycles. The zero-order valence-electron chi connectivity index (χ0n) is 9.09. The van der Waals surface area contributed by atoms with Crippen LogP contribution in [0.4, 0.5) is 0 Å². The molecular weight excluding hydrogens is 218 g/mol. The third-order valence-electron chi connectivity index (χ3n) is 3.28. The molecule has 0 spiro atoms. The quantitative estimate of drug-likeness (QED) is 0.878. The molecular formula is C13H11NO3. The maximum atomic E-state index is 11.2. The van der Waals surface area contributed by atoms with Gasteiger partial charge in [-0.1, -0.05) is 12.1 Å². The van der Waals surface area contributed by atoms with Gasteiger partial charge in [-0.3, -0.25) is 4.79 Å². The fourth-order valence-corrected chi connectivity index (χ4v) is 2.05. The van der Waals surface area contributed by atoms with Crippen LogP contribution in [-0.4, -0.2) is 16.1 Å². The van der Waals surface area contributed by atoms with E-state index >= 15 is 0 Å². The fraction of sp³-hybridized carbons (Fsp3) is 0.231. The van der Waals surface area contributed by atoms with Crippen LogP contribution in [0.3, 0.4) is 0 Å². The first-order chi connectivity index (χ1) is 8.22. The van der Waals surface area contributed by atoms with E-state index < -0.39 is 11.4 Å². The van der Waals surface area contributed by atoms with E-state index in [0.29, 0.717) is 5.89 Å². The van der Waals surface area contributed by atoms with Crippen molar-refractivity contribution in [2.75, 3.05) is 0 Å². The summed E-state index contributed by atoms with van der Waals surface area (Å²) in [5.74, 6) is -0.182. The normalized spacial score (nSPS) is 16.7. The fourth-order valence-electron chi connectivity index (χ4n) is 2.05. The molecule has 2 aromatic rings. The number of oxazole rings is 1. The Morgan fingerprint density at radius 2 is 2.00 bits per heavy atom. The monoisotopic (exact) mass is 229 g/mol. The number of benzene rings is 1. The first kappa shape index (κ1) is 10.1. The van der Waals surface area contributed by atoms with Crippen molar-refractivity contribution in [1.29, 1.82) is 0 Å². The molecule has 4 heteroatoms. The van der Waals surface area contributed by atoms with Gasteiger partial charge in [0.25, 0.3) is 0 Å². The summed E-state index contributed by atoms with van der Waals surface area (Å²) < 4.78 is 5.18. The van der Waals surface area contributed by atoms with Crippen molar-refractivity contribution in [2.24, 2.45) is 0 Å². The van der Waals surface area contributed by atoms with E-state index in [0.717, 1.165) is 24.0 Å². The Balaban J connectivity index is 1.94. The average Bonchev–Trinajstić information content (AvgIpc) is 2.98. The Labute approximate surface area is 97.9 Å². The van der Waals surface area contributed by atoms with E-state index in [2.05, 4.69) is 4.98 Å². The summed E-state index contributed by atoms with van der Waals surface area (Å²) in [4.78, 5) is 15.2. The molecule has 0 atom stereocenters. The summed E-state index contributed by atoms with van der Waals surface area (Å²) in [6, 6.07) is 7.40. The first-order valence-corrected chi connectivity index (χ1v) is 5.46. The van der Waals surface area contributed by atoms with Gasteiger partial charge in [0, 0.05) is 5.56 Å². The van der Waals surface area contributed by atoms with Crippen LogP contribution in [0.1, 0.15) is 18.4 Å². The molecule has 3 rings (SSSR count). The molecule has 1 aliphatic rings. The standard InChI is InChI=1S/C13H11NO3/c15-12(16)13(5-6-13)10-3-1-9(2-4-10)11-14-7-8-17-11/h1-4,7-8H,5-6H2,(H,15,16). The molecule has 0 amide bonds. The SMILES string of the molecule is O=C(O)C1(c2ccc(-c3ncco3)cc2)CC1. The predicted octanol–water partition coefficient (Wildman–Crippen LogP) is 2.46. The van der Waals surface area contributed by atoms with Gasteiger partial charge in [0.15, 0.2) is 0 Å². The van der Waals surface area contributed by atoms with Crippen molar-refractivity contribution in [3.8, 4) is 11.5 Å². The zero-order valence-corrected chi connectivity index (χ0v) is 9.09. The number of carboxylic acid groups (broad SMARTS) is 1. The Hall–Kier alpha value is -2.10. The molecule has 4 nitrogen and oxygen atoms in total. The van der Waals surface area contributed by atoms with Crippen molar-refractivity contribution in [3.05, 3.63) is 42.3 Å². The lowest BCUT2D eigenvalue weighted by molar-refractivity contribution is -0.140. The number of hydrogen-bond acceptors (Lipinski definition) is 3. The van der Waals surface area contributed by atoms with Crippen molar-refractivity contribution in [2.45, 2.75) is 18.3 Å². The highest BCUT2D eigenvalue weighted by Crippen LogP contribution is 2.48. The molecule has 0 radical (unpaired) electrons. The van der Waals surface area contributed by atoms with Crippen LogP contribution in [0.15, 0.2) is 41.1 Å². The predicted molar refractivity (Wildman–Crippen MR) is 60.5 cm³/mol. The molecule has 0 unspecified atom stereocenters. The van der Waals surface area contributed by atoms with Gasteiger partial charge in [-0.05, 0) is 30.5 Å². The van der Waals surface area contributed by atoms with Gasteiger partial charge in [-0.2, -0.15) is 0 Å². The molecule has 1 N–H and O–H groups in total. The number of aromatic nitrogens is 1. The summed E-state index contributed by atoms with van der Waals surface area (Å²) >= 11 is 0. The van der Waals surface area contributed by atoms with Gasteiger partial charge in [-0.15, -0.1) is 0 Å². The lowest BCUT2D eigenvalue weighted by Crippen LogP contribution is -2.19. The smallest absolute Gasteiger partial charge is 0.314 e. The van der Waals surface area contributed by atoms with E-state index in [-0.39, 0.29) is 0 Å². The van der Waals surface area contributed by atoms with Crippen molar-refractivity contribution in [3.63, 3.8) is 0 Å². The molecule has 1 fully saturated rings. The van der Waals surface area contributed by atoms with Crippen molar-refractivity contribution in [1.82, 2.24) is 4.98 Å². The van der Waals surface area contributed by atoms with Crippen LogP contribution in [-0.2, 0) is 10.2 Å². The largest absolute Gasteiger partial charge is 0.481 e. The highest BCUT2D eigenvalue weighted by atomic mass is 16.4. The third-order valence-corrected chi connectivity index (χ3v) is 3.28. The maximum absolute atomic E-state index is 11.2. The Kier molecular flexibility index (Phi) is 2.04. The first-order valence-electron chi connectivity index (χ1n) is 5.46. The van der Waals surface area contributed by atoms with Crippen LogP contribution in [0.5, 0.6) is 0 Å². The van der Waals surface area contributed by atoms with Gasteiger partial charge in [-0.25, -0.2) is 4.98 Å². The van der Waals surface area contributed by atoms with Gasteiger partial charge in [0.05, 0.1) is 11.6 Å². The number of carbonyl (C=O) groups is 1. The van der Waals surface area contributed by atoms with E-state index in [9.17, 15) is 9.90 Å². The van der Waals surface area contributed by atoms with Crippen LogP contribution < -0.4 is 0 Å². The number of hydrogen-bond donors (Lipinski definition) is 1. The molecule has 86 valence electrons. The van der Waals surface area contributed by atoms with Crippen molar-refractivity contribution < 1.29 is 14.3 Å². The molecule has 17 heavy (non-hydrogen) atoms. The molecule has 0 saturated heterocycles. The number of nitrogens with zero attached hydrogens (tertiary/aromatic N) is 1. The van der Waals surface area contributed by atoms with Crippen LogP contribution in [0, 0.1) is 0 Å². The highest BCUT2D eigenvalue weighted by molar-refractivity contribution is 5.85. The van der Waals surface area contributed by atoms with Crippen molar-refractivity contribution >= 4 is 5.97 Å². The summed E-state index contributed by atoms with van der Waals surface area (Å²) in [5, 5.41) is 9.18. The average molecular weight is 229 g/mol. The third kappa shape index (κ3) is 1.53. The molecule has 1 aromatic heterocycles. The maximum Gasteiger partial charge on any atom is 0.314 e. The summed E-state index contributed by atoms with van der Waals surface area (Å²) in [6.45, 7) is 0. The second kappa shape index (κ2) is 3.45. The van der Waals surface area contributed by atoms with E-state index in [4.69, 9.17) is 4.42 Å². The molecule has 1 saturated carbocycles. The van der Waals surface area contributed by atoms with Gasteiger partial charge in [0.1, 0.15) is 6.26 Å².